The molecule has 0 radical (unpaired) electrons. The minimum absolute atomic E-state index is 0.135. The number of carbonyl (C=O) groups excluding carboxylic acids is 1. The van der Waals surface area contributed by atoms with E-state index in [2.05, 4.69) is 5.32 Å². The first-order valence-electron chi connectivity index (χ1n) is 10.1. The van der Waals surface area contributed by atoms with E-state index in [1.165, 1.54) is 4.31 Å². The number of hydrogen-bond donors (Lipinski definition) is 1. The van der Waals surface area contributed by atoms with Crippen LogP contribution in [-0.4, -0.2) is 38.3 Å². The van der Waals surface area contributed by atoms with E-state index in [-0.39, 0.29) is 29.3 Å². The number of halogens is 1. The summed E-state index contributed by atoms with van der Waals surface area (Å²) in [4.78, 5) is 13.0. The van der Waals surface area contributed by atoms with Crippen LogP contribution >= 0.6 is 11.6 Å². The third-order valence-corrected chi connectivity index (χ3v) is 7.39. The second-order valence-electron chi connectivity index (χ2n) is 7.39. The van der Waals surface area contributed by atoms with E-state index in [1.807, 2.05) is 26.0 Å². The maximum atomic E-state index is 13.0. The van der Waals surface area contributed by atoms with Crippen molar-refractivity contribution in [1.29, 1.82) is 0 Å². The highest BCUT2D eigenvalue weighted by Gasteiger charge is 2.33. The molecule has 0 bridgehead atoms. The van der Waals surface area contributed by atoms with Crippen LogP contribution in [0.5, 0.6) is 5.75 Å². The number of nitrogens with zero attached hydrogens (tertiary/aromatic N) is 1. The van der Waals surface area contributed by atoms with Crippen molar-refractivity contribution in [3.05, 3.63) is 59.1 Å². The standard InChI is InChI=1S/C22H27ClN2O4S/c1-3-29-20-10-12-21(13-11-20)30(27,28)25-14-4-5-18(15-25)22(26)24-16(2)17-6-8-19(23)9-7-17/h6-13,16,18H,3-5,14-15H2,1-2H3,(H,24,26)/t16-,18+/m1/s1. The fourth-order valence-corrected chi connectivity index (χ4v) is 5.21. The maximum absolute atomic E-state index is 13.0. The van der Waals surface area contributed by atoms with Gasteiger partial charge in [0.2, 0.25) is 15.9 Å². The summed E-state index contributed by atoms with van der Waals surface area (Å²) in [5.41, 5.74) is 0.947. The lowest BCUT2D eigenvalue weighted by molar-refractivity contribution is -0.126. The zero-order valence-corrected chi connectivity index (χ0v) is 18.7. The summed E-state index contributed by atoms with van der Waals surface area (Å²) in [6.07, 6.45) is 1.30. The molecule has 1 amide bonds. The molecule has 0 saturated carbocycles. The number of carbonyl (C=O) groups is 1. The van der Waals surface area contributed by atoms with Gasteiger partial charge < -0.3 is 10.1 Å². The van der Waals surface area contributed by atoms with Gasteiger partial charge in [-0.3, -0.25) is 4.79 Å². The SMILES string of the molecule is CCOc1ccc(S(=O)(=O)N2CCC[C@H](C(=O)N[C@H](C)c3ccc(Cl)cc3)C2)cc1. The van der Waals surface area contributed by atoms with Gasteiger partial charge in [-0.25, -0.2) is 8.42 Å². The van der Waals surface area contributed by atoms with E-state index in [9.17, 15) is 13.2 Å². The molecule has 162 valence electrons. The minimum atomic E-state index is -3.66. The van der Waals surface area contributed by atoms with Gasteiger partial charge in [0, 0.05) is 18.1 Å². The zero-order valence-electron chi connectivity index (χ0n) is 17.2. The Morgan fingerprint density at radius 2 is 1.87 bits per heavy atom. The van der Waals surface area contributed by atoms with Crippen LogP contribution in [0.4, 0.5) is 0 Å². The summed E-state index contributed by atoms with van der Waals surface area (Å²) in [5.74, 6) is 0.110. The van der Waals surface area contributed by atoms with E-state index in [0.717, 1.165) is 5.56 Å². The Hall–Kier alpha value is -2.09. The molecule has 30 heavy (non-hydrogen) atoms. The Bertz CT molecular complexity index is 962. The van der Waals surface area contributed by atoms with Gasteiger partial charge in [0.25, 0.3) is 0 Å². The number of piperidine rings is 1. The largest absolute Gasteiger partial charge is 0.494 e. The Kier molecular flexibility index (Phi) is 7.39. The van der Waals surface area contributed by atoms with Crippen LogP contribution in [0.3, 0.4) is 0 Å². The highest BCUT2D eigenvalue weighted by atomic mass is 35.5. The number of hydrogen-bond acceptors (Lipinski definition) is 4. The molecule has 3 rings (SSSR count). The maximum Gasteiger partial charge on any atom is 0.243 e. The molecule has 1 N–H and O–H groups in total. The normalized spacial score (nSPS) is 18.6. The van der Waals surface area contributed by atoms with Crippen molar-refractivity contribution in [2.24, 2.45) is 5.92 Å². The summed E-state index contributed by atoms with van der Waals surface area (Å²) in [6.45, 7) is 4.88. The lowest BCUT2D eigenvalue weighted by Crippen LogP contribution is -2.45. The molecule has 2 aromatic carbocycles. The third-order valence-electron chi connectivity index (χ3n) is 5.26. The first-order valence-corrected chi connectivity index (χ1v) is 11.9. The molecule has 0 unspecified atom stereocenters. The highest BCUT2D eigenvalue weighted by molar-refractivity contribution is 7.89. The number of sulfonamides is 1. The van der Waals surface area contributed by atoms with Gasteiger partial charge in [0.05, 0.1) is 23.5 Å². The summed E-state index contributed by atoms with van der Waals surface area (Å²) in [6, 6.07) is 13.5. The van der Waals surface area contributed by atoms with Gasteiger partial charge in [-0.05, 0) is 68.7 Å². The number of rotatable bonds is 7. The van der Waals surface area contributed by atoms with Gasteiger partial charge in [-0.1, -0.05) is 23.7 Å². The highest BCUT2D eigenvalue weighted by Crippen LogP contribution is 2.26. The molecule has 1 aliphatic rings. The van der Waals surface area contributed by atoms with Crippen LogP contribution in [-0.2, 0) is 14.8 Å². The van der Waals surface area contributed by atoms with Gasteiger partial charge >= 0.3 is 0 Å². The van der Waals surface area contributed by atoms with Crippen molar-refractivity contribution in [2.45, 2.75) is 37.6 Å². The second-order valence-corrected chi connectivity index (χ2v) is 9.76. The Morgan fingerprint density at radius 1 is 1.20 bits per heavy atom. The average molecular weight is 451 g/mol. The summed E-state index contributed by atoms with van der Waals surface area (Å²) in [7, 11) is -3.66. The fourth-order valence-electron chi connectivity index (χ4n) is 3.56. The predicted molar refractivity (Wildman–Crippen MR) is 117 cm³/mol. The van der Waals surface area contributed by atoms with Crippen molar-refractivity contribution >= 4 is 27.5 Å². The van der Waals surface area contributed by atoms with Crippen molar-refractivity contribution in [3.63, 3.8) is 0 Å². The number of nitrogens with one attached hydrogen (secondary N) is 1. The molecule has 1 fully saturated rings. The first kappa shape index (κ1) is 22.6. The van der Waals surface area contributed by atoms with Crippen LogP contribution in [0.1, 0.15) is 38.3 Å². The van der Waals surface area contributed by atoms with Gasteiger partial charge in [-0.2, -0.15) is 4.31 Å². The molecule has 2 atom stereocenters. The molecular formula is C22H27ClN2O4S. The van der Waals surface area contributed by atoms with Crippen molar-refractivity contribution in [1.82, 2.24) is 9.62 Å². The van der Waals surface area contributed by atoms with Gasteiger partial charge in [0.1, 0.15) is 5.75 Å². The van der Waals surface area contributed by atoms with Crippen LogP contribution in [0.2, 0.25) is 5.02 Å². The lowest BCUT2D eigenvalue weighted by atomic mass is 9.98. The van der Waals surface area contributed by atoms with Gasteiger partial charge in [0.15, 0.2) is 0 Å². The molecule has 0 spiro atoms. The number of benzene rings is 2. The molecule has 8 heteroatoms. The summed E-state index contributed by atoms with van der Waals surface area (Å²) >= 11 is 5.92. The van der Waals surface area contributed by atoms with Gasteiger partial charge in [-0.15, -0.1) is 0 Å². The fraction of sp³-hybridized carbons (Fsp3) is 0.409. The lowest BCUT2D eigenvalue weighted by Gasteiger charge is -2.32. The predicted octanol–water partition coefficient (Wildman–Crippen LogP) is 4.02. The molecule has 2 aromatic rings. The van der Waals surface area contributed by atoms with Crippen LogP contribution in [0, 0.1) is 5.92 Å². The monoisotopic (exact) mass is 450 g/mol. The second kappa shape index (κ2) is 9.81. The molecule has 1 aliphatic heterocycles. The average Bonchev–Trinajstić information content (AvgIpc) is 2.75. The minimum Gasteiger partial charge on any atom is -0.494 e. The molecule has 1 heterocycles. The van der Waals surface area contributed by atoms with Crippen LogP contribution in [0.25, 0.3) is 0 Å². The smallest absolute Gasteiger partial charge is 0.243 e. The van der Waals surface area contributed by atoms with Crippen LogP contribution < -0.4 is 10.1 Å². The van der Waals surface area contributed by atoms with E-state index in [0.29, 0.717) is 36.8 Å². The van der Waals surface area contributed by atoms with E-state index in [4.69, 9.17) is 16.3 Å². The van der Waals surface area contributed by atoms with Crippen LogP contribution in [0.15, 0.2) is 53.4 Å². The van der Waals surface area contributed by atoms with E-state index < -0.39 is 10.0 Å². The van der Waals surface area contributed by atoms with E-state index in [1.54, 1.807) is 36.4 Å². The summed E-state index contributed by atoms with van der Waals surface area (Å²) in [5, 5.41) is 3.64. The number of amides is 1. The molecule has 0 aromatic heterocycles. The van der Waals surface area contributed by atoms with Crippen molar-refractivity contribution in [3.8, 4) is 5.75 Å². The summed E-state index contributed by atoms with van der Waals surface area (Å²) < 4.78 is 32.9. The van der Waals surface area contributed by atoms with E-state index >= 15 is 0 Å². The van der Waals surface area contributed by atoms with Crippen molar-refractivity contribution < 1.29 is 17.9 Å². The molecule has 0 aliphatic carbocycles. The first-order chi connectivity index (χ1) is 14.3. The Morgan fingerprint density at radius 3 is 2.50 bits per heavy atom. The zero-order chi connectivity index (χ0) is 21.7. The molecule has 6 nitrogen and oxygen atoms in total. The van der Waals surface area contributed by atoms with Crippen molar-refractivity contribution in [2.75, 3.05) is 19.7 Å². The quantitative estimate of drug-likeness (QED) is 0.691. The number of ether oxygens (including phenoxy) is 1. The topological polar surface area (TPSA) is 75.7 Å². The molecular weight excluding hydrogens is 424 g/mol. The Balaban J connectivity index is 1.66. The Labute approximate surface area is 183 Å². The third kappa shape index (κ3) is 5.33. The molecule has 1 saturated heterocycles.